The van der Waals surface area contributed by atoms with Crippen molar-refractivity contribution in [1.29, 1.82) is 0 Å². The zero-order chi connectivity index (χ0) is 19.0. The molecule has 5 nitrogen and oxygen atoms in total. The van der Waals surface area contributed by atoms with Crippen LogP contribution in [0.1, 0.15) is 30.4 Å². The minimum absolute atomic E-state index is 0. The van der Waals surface area contributed by atoms with Crippen LogP contribution in [0, 0.1) is 6.92 Å². The third-order valence-electron chi connectivity index (χ3n) is 5.67. The van der Waals surface area contributed by atoms with E-state index >= 15 is 0 Å². The van der Waals surface area contributed by atoms with Crippen LogP contribution in [0.5, 0.6) is 11.5 Å². The first-order valence-electron chi connectivity index (χ1n) is 9.49. The number of rotatable bonds is 4. The third-order valence-corrected chi connectivity index (χ3v) is 5.67. The summed E-state index contributed by atoms with van der Waals surface area (Å²) < 4.78 is 13.0. The maximum atomic E-state index is 11.8. The molecule has 4 rings (SSSR count). The molecule has 2 heterocycles. The van der Waals surface area contributed by atoms with E-state index in [0.29, 0.717) is 18.0 Å². The maximum absolute atomic E-state index is 11.8. The van der Waals surface area contributed by atoms with Gasteiger partial charge in [0.2, 0.25) is 0 Å². The Labute approximate surface area is 177 Å². The van der Waals surface area contributed by atoms with Crippen molar-refractivity contribution in [2.24, 2.45) is 0 Å². The van der Waals surface area contributed by atoms with E-state index in [1.165, 1.54) is 11.4 Å². The Balaban J connectivity index is 0.00000225. The summed E-state index contributed by atoms with van der Waals surface area (Å²) in [5.74, 6) is 2.50. The molecule has 2 aromatic carbocycles. The van der Waals surface area contributed by atoms with E-state index in [-0.39, 0.29) is 17.0 Å². The third kappa shape index (κ3) is 3.40. The fourth-order valence-electron chi connectivity index (χ4n) is 4.19. The first-order chi connectivity index (χ1) is 13.1. The fraction of sp³-hybridized carbons (Fsp3) is 0.409. The molecule has 0 radical (unpaired) electrons. The predicted molar refractivity (Wildman–Crippen MR) is 106 cm³/mol. The highest BCUT2D eigenvalue weighted by Crippen LogP contribution is 2.38. The lowest BCUT2D eigenvalue weighted by Crippen LogP contribution is -3.00. The van der Waals surface area contributed by atoms with Crippen molar-refractivity contribution in [3.05, 3.63) is 53.6 Å². The molecule has 1 atom stereocenters. The number of aryl methyl sites for hydroxylation is 1. The number of anilines is 1. The molecule has 6 heteroatoms. The average Bonchev–Trinajstić information content (AvgIpc) is 3.02. The van der Waals surface area contributed by atoms with Gasteiger partial charge in [-0.1, -0.05) is 17.7 Å². The molecule has 2 aliphatic rings. The predicted octanol–water partition coefficient (Wildman–Crippen LogP) is 0.276. The van der Waals surface area contributed by atoms with E-state index in [4.69, 9.17) is 9.47 Å². The summed E-state index contributed by atoms with van der Waals surface area (Å²) in [4.78, 5) is 2.26. The van der Waals surface area contributed by atoms with Gasteiger partial charge in [0, 0.05) is 12.0 Å². The number of halogens is 1. The average molecular weight is 447 g/mol. The summed E-state index contributed by atoms with van der Waals surface area (Å²) in [7, 11) is 3.24. The summed E-state index contributed by atoms with van der Waals surface area (Å²) in [6, 6.07) is 14.2. The molecule has 0 aliphatic carbocycles. The second kappa shape index (κ2) is 8.13. The molecule has 0 fully saturated rings. The van der Waals surface area contributed by atoms with Crippen molar-refractivity contribution in [3.8, 4) is 11.5 Å². The number of β-amino-alcohol motifs (C(OH)–C–C–N with tert-alkyl or cyclic N) is 1. The topological polar surface area (TPSA) is 44.9 Å². The summed E-state index contributed by atoms with van der Waals surface area (Å²) in [6.45, 7) is 3.44. The second-order valence-corrected chi connectivity index (χ2v) is 7.33. The smallest absolute Gasteiger partial charge is 0.271 e. The second-order valence-electron chi connectivity index (χ2n) is 7.33. The van der Waals surface area contributed by atoms with E-state index in [9.17, 15) is 5.11 Å². The highest BCUT2D eigenvalue weighted by atomic mass is 79.9. The van der Waals surface area contributed by atoms with E-state index in [2.05, 4.69) is 40.7 Å². The molecule has 1 unspecified atom stereocenters. The van der Waals surface area contributed by atoms with Gasteiger partial charge in [0.05, 0.1) is 20.8 Å². The molecule has 0 amide bonds. The Kier molecular flexibility index (Phi) is 6.01. The van der Waals surface area contributed by atoms with Gasteiger partial charge in [-0.05, 0) is 50.1 Å². The number of amidine groups is 1. The van der Waals surface area contributed by atoms with Crippen LogP contribution in [0.2, 0.25) is 0 Å². The van der Waals surface area contributed by atoms with E-state index in [1.807, 2.05) is 18.2 Å². The number of methoxy groups -OCH3 is 2. The molecular formula is C22H27BrN2O3. The molecule has 28 heavy (non-hydrogen) atoms. The van der Waals surface area contributed by atoms with Crippen LogP contribution in [0.25, 0.3) is 0 Å². The number of hydrogen-bond donors (Lipinski definition) is 1. The van der Waals surface area contributed by atoms with Gasteiger partial charge in [0.15, 0.2) is 18.0 Å². The molecule has 0 spiro atoms. The number of ether oxygens (including phenoxy) is 2. The van der Waals surface area contributed by atoms with Crippen LogP contribution in [0.4, 0.5) is 5.69 Å². The lowest BCUT2D eigenvalue weighted by Gasteiger charge is -2.25. The van der Waals surface area contributed by atoms with E-state index in [1.54, 1.807) is 14.2 Å². The monoisotopic (exact) mass is 446 g/mol. The molecule has 0 aromatic heterocycles. The van der Waals surface area contributed by atoms with Gasteiger partial charge < -0.3 is 31.6 Å². The number of hydrogen-bond acceptors (Lipinski definition) is 4. The van der Waals surface area contributed by atoms with E-state index < -0.39 is 5.72 Å². The van der Waals surface area contributed by atoms with Gasteiger partial charge in [-0.3, -0.25) is 0 Å². The molecule has 0 bridgehead atoms. The SMILES string of the molecule is COc1ccc(C2(O)CN(c3ccc(C)cc3)C3=[N+]2CCCC3)cc1OC.[Br-]. The van der Waals surface area contributed by atoms with Gasteiger partial charge in [-0.25, -0.2) is 9.48 Å². The van der Waals surface area contributed by atoms with Crippen LogP contribution in [0.3, 0.4) is 0 Å². The van der Waals surface area contributed by atoms with Gasteiger partial charge in [-0.2, -0.15) is 0 Å². The van der Waals surface area contributed by atoms with Gasteiger partial charge in [0.25, 0.3) is 11.6 Å². The Morgan fingerprint density at radius 2 is 1.71 bits per heavy atom. The fourth-order valence-corrected chi connectivity index (χ4v) is 4.19. The van der Waals surface area contributed by atoms with Crippen molar-refractivity contribution < 1.29 is 36.1 Å². The van der Waals surface area contributed by atoms with Crippen molar-refractivity contribution in [1.82, 2.24) is 0 Å². The molecule has 150 valence electrons. The quantitative estimate of drug-likeness (QED) is 0.685. The minimum atomic E-state index is -1.08. The van der Waals surface area contributed by atoms with Crippen LogP contribution < -0.4 is 31.4 Å². The summed E-state index contributed by atoms with van der Waals surface area (Å²) in [5.41, 5.74) is 2.10. The Bertz CT molecular complexity index is 882. The van der Waals surface area contributed by atoms with Crippen LogP contribution in [0.15, 0.2) is 42.5 Å². The van der Waals surface area contributed by atoms with Crippen LogP contribution in [-0.2, 0) is 5.72 Å². The molecule has 1 N–H and O–H groups in total. The lowest BCUT2D eigenvalue weighted by atomic mass is 10.0. The van der Waals surface area contributed by atoms with Gasteiger partial charge >= 0.3 is 0 Å². The number of aliphatic hydroxyl groups is 1. The highest BCUT2D eigenvalue weighted by Gasteiger charge is 2.52. The Morgan fingerprint density at radius 3 is 2.39 bits per heavy atom. The summed E-state index contributed by atoms with van der Waals surface area (Å²) in [5, 5.41) is 11.8. The maximum Gasteiger partial charge on any atom is 0.271 e. The van der Waals surface area contributed by atoms with Crippen molar-refractivity contribution in [2.75, 3.05) is 32.2 Å². The van der Waals surface area contributed by atoms with Gasteiger partial charge in [-0.15, -0.1) is 0 Å². The first kappa shape index (κ1) is 20.7. The summed E-state index contributed by atoms with van der Waals surface area (Å²) in [6.07, 6.45) is 3.21. The number of nitrogens with zero attached hydrogens (tertiary/aromatic N) is 2. The largest absolute Gasteiger partial charge is 1.00 e. The highest BCUT2D eigenvalue weighted by molar-refractivity contribution is 5.96. The van der Waals surface area contributed by atoms with Crippen molar-refractivity contribution in [3.63, 3.8) is 0 Å². The molecular weight excluding hydrogens is 420 g/mol. The van der Waals surface area contributed by atoms with Crippen LogP contribution in [-0.4, -0.2) is 42.8 Å². The van der Waals surface area contributed by atoms with Crippen LogP contribution >= 0.6 is 0 Å². The first-order valence-corrected chi connectivity index (χ1v) is 9.49. The van der Waals surface area contributed by atoms with Crippen molar-refractivity contribution >= 4 is 11.5 Å². The lowest BCUT2D eigenvalue weighted by molar-refractivity contribution is -0.661. The molecule has 2 aliphatic heterocycles. The molecule has 0 saturated carbocycles. The van der Waals surface area contributed by atoms with Crippen molar-refractivity contribution in [2.45, 2.75) is 31.9 Å². The zero-order valence-electron chi connectivity index (χ0n) is 16.6. The molecule has 2 aromatic rings. The normalized spacial score (nSPS) is 21.2. The zero-order valence-corrected chi connectivity index (χ0v) is 18.2. The Morgan fingerprint density at radius 1 is 1.00 bits per heavy atom. The summed E-state index contributed by atoms with van der Waals surface area (Å²) >= 11 is 0. The Hall–Kier alpha value is -2.05. The standard InChI is InChI=1S/C22H27N2O3.BrH/c1-16-7-10-18(11-8-16)23-15-22(25,24-13-5-4-6-21(23)24)17-9-12-19(26-2)20(14-17)27-3;/h7-12,14,25H,4-6,13,15H2,1-3H3;1H/q+1;/p-1. The molecule has 0 saturated heterocycles. The number of benzene rings is 2. The van der Waals surface area contributed by atoms with Gasteiger partial charge in [0.1, 0.15) is 5.69 Å². The van der Waals surface area contributed by atoms with E-state index in [0.717, 1.165) is 37.1 Å². The minimum Gasteiger partial charge on any atom is -1.00 e.